The van der Waals surface area contributed by atoms with E-state index in [1.165, 1.54) is 30.9 Å². The van der Waals surface area contributed by atoms with Crippen LogP contribution in [0.5, 0.6) is 0 Å². The summed E-state index contributed by atoms with van der Waals surface area (Å²) >= 11 is 8.15. The van der Waals surface area contributed by atoms with Crippen molar-refractivity contribution in [1.82, 2.24) is 0 Å². The lowest BCUT2D eigenvalue weighted by Crippen LogP contribution is -3.00. The monoisotopic (exact) mass is 522 g/mol. The molecule has 154 valence electrons. The van der Waals surface area contributed by atoms with Crippen molar-refractivity contribution in [3.8, 4) is 0 Å². The van der Waals surface area contributed by atoms with Crippen LogP contribution >= 0.6 is 30.2 Å². The van der Waals surface area contributed by atoms with E-state index in [2.05, 4.69) is 109 Å². The van der Waals surface area contributed by atoms with Gasteiger partial charge in [0.25, 0.3) is 0 Å². The first kappa shape index (κ1) is 22.2. The Morgan fingerprint density at radius 3 is 1.58 bits per heavy atom. The molecule has 0 saturated heterocycles. The average Bonchev–Trinajstić information content (AvgIpc) is 3.20. The molecule has 0 fully saturated rings. The summed E-state index contributed by atoms with van der Waals surface area (Å²) in [6.07, 6.45) is 1.00. The Morgan fingerprint density at radius 1 is 0.613 bits per heavy atom. The second-order valence-corrected chi connectivity index (χ2v) is 12.5. The minimum atomic E-state index is -1.86. The lowest BCUT2D eigenvalue weighted by Gasteiger charge is -2.27. The van der Waals surface area contributed by atoms with E-state index in [0.29, 0.717) is 0 Å². The van der Waals surface area contributed by atoms with Crippen LogP contribution in [-0.2, 0) is 6.16 Å². The molecule has 4 heteroatoms. The molecule has 0 aliphatic carbocycles. The van der Waals surface area contributed by atoms with Gasteiger partial charge in [-0.3, -0.25) is 0 Å². The molecular weight excluding hydrogens is 503 g/mol. The third-order valence-corrected chi connectivity index (χ3v) is 11.4. The number of benzene rings is 4. The van der Waals surface area contributed by atoms with Crippen LogP contribution < -0.4 is 32.9 Å². The fourth-order valence-electron chi connectivity index (χ4n) is 4.15. The Labute approximate surface area is 203 Å². The first-order valence-electron chi connectivity index (χ1n) is 9.99. The van der Waals surface area contributed by atoms with Crippen molar-refractivity contribution >= 4 is 56.2 Å². The highest BCUT2D eigenvalue weighted by Crippen LogP contribution is 2.59. The quantitative estimate of drug-likeness (QED) is 0.305. The number of halogens is 2. The van der Waals surface area contributed by atoms with E-state index in [-0.39, 0.29) is 17.0 Å². The maximum Gasteiger partial charge on any atom is 0.117 e. The van der Waals surface area contributed by atoms with Gasteiger partial charge < -0.3 is 17.0 Å². The van der Waals surface area contributed by atoms with Crippen molar-refractivity contribution in [1.29, 1.82) is 0 Å². The highest BCUT2D eigenvalue weighted by atomic mass is 79.9. The second-order valence-electron chi connectivity index (χ2n) is 7.37. The lowest BCUT2D eigenvalue weighted by atomic mass is 10.2. The van der Waals surface area contributed by atoms with Crippen LogP contribution in [0.2, 0.25) is 5.02 Å². The predicted octanol–water partition coefficient (Wildman–Crippen LogP) is 4.05. The summed E-state index contributed by atoms with van der Waals surface area (Å²) in [5.74, 6) is 0. The number of hydrogen-bond acceptors (Lipinski definition) is 1. The summed E-state index contributed by atoms with van der Waals surface area (Å²) in [5.41, 5.74) is 0. The van der Waals surface area contributed by atoms with Crippen LogP contribution in [0.4, 0.5) is 0 Å². The Morgan fingerprint density at radius 2 is 1.10 bits per heavy atom. The number of thiophene rings is 1. The van der Waals surface area contributed by atoms with Crippen molar-refractivity contribution < 1.29 is 17.0 Å². The van der Waals surface area contributed by atoms with Gasteiger partial charge in [-0.05, 0) is 66.0 Å². The summed E-state index contributed by atoms with van der Waals surface area (Å²) in [6, 6.07) is 41.7. The topological polar surface area (TPSA) is 0 Å². The zero-order valence-electron chi connectivity index (χ0n) is 16.8. The third-order valence-electron chi connectivity index (χ3n) is 5.51. The van der Waals surface area contributed by atoms with Crippen molar-refractivity contribution in [2.45, 2.75) is 6.16 Å². The highest BCUT2D eigenvalue weighted by Gasteiger charge is 2.45. The Hall–Kier alpha value is -1.96. The Bertz CT molecular complexity index is 1170. The minimum absolute atomic E-state index is 0. The van der Waals surface area contributed by atoms with E-state index in [1.54, 1.807) is 0 Å². The molecule has 31 heavy (non-hydrogen) atoms. The molecule has 1 aromatic heterocycles. The molecule has 0 bridgehead atoms. The van der Waals surface area contributed by atoms with Crippen molar-refractivity contribution in [2.75, 3.05) is 0 Å². The number of fused-ring (bicyclic) bond motifs is 1. The molecule has 0 N–H and O–H groups in total. The second kappa shape index (κ2) is 9.67. The van der Waals surface area contributed by atoms with Crippen LogP contribution in [0.3, 0.4) is 0 Å². The SMILES string of the molecule is Clc1ccc2sc(C[P+](c3ccccc3)(c3ccccc3)c3ccccc3)cc2c1.[Br-]. The fraction of sp³-hybridized carbons (Fsp3) is 0.0370. The van der Waals surface area contributed by atoms with Crippen LogP contribution in [0.25, 0.3) is 10.1 Å². The summed E-state index contributed by atoms with van der Waals surface area (Å²) < 4.78 is 1.29. The molecule has 0 aliphatic heterocycles. The molecule has 0 radical (unpaired) electrons. The lowest BCUT2D eigenvalue weighted by molar-refractivity contribution is -0.00000555. The minimum Gasteiger partial charge on any atom is -1.00 e. The highest BCUT2D eigenvalue weighted by molar-refractivity contribution is 7.95. The zero-order chi connectivity index (χ0) is 20.4. The van der Waals surface area contributed by atoms with Gasteiger partial charge in [-0.1, -0.05) is 66.2 Å². The molecule has 0 amide bonds. The van der Waals surface area contributed by atoms with E-state index < -0.39 is 7.26 Å². The van der Waals surface area contributed by atoms with Gasteiger partial charge in [-0.15, -0.1) is 11.3 Å². The smallest absolute Gasteiger partial charge is 0.117 e. The van der Waals surface area contributed by atoms with Gasteiger partial charge in [-0.25, -0.2) is 0 Å². The molecule has 0 unspecified atom stereocenters. The van der Waals surface area contributed by atoms with Crippen LogP contribution in [-0.4, -0.2) is 0 Å². The van der Waals surface area contributed by atoms with Crippen LogP contribution in [0, 0.1) is 0 Å². The van der Waals surface area contributed by atoms with Gasteiger partial charge in [0.1, 0.15) is 29.3 Å². The van der Waals surface area contributed by atoms with Gasteiger partial charge >= 0.3 is 0 Å². The normalized spacial score (nSPS) is 11.3. The maximum atomic E-state index is 6.26. The zero-order valence-corrected chi connectivity index (χ0v) is 20.8. The standard InChI is InChI=1S/C27H21ClPS.BrH/c28-22-16-17-27-21(18-22)19-26(30-27)20-29(23-10-4-1-5-11-23,24-12-6-2-7-13-24)25-14-8-3-9-15-25;/h1-19H,20H2;1H/q+1;/p-1. The third kappa shape index (κ3) is 4.36. The predicted molar refractivity (Wildman–Crippen MR) is 136 cm³/mol. The van der Waals surface area contributed by atoms with Gasteiger partial charge in [-0.2, -0.15) is 0 Å². The van der Waals surface area contributed by atoms with E-state index >= 15 is 0 Å². The summed E-state index contributed by atoms with van der Waals surface area (Å²) in [6.45, 7) is 0. The molecular formula is C27H21BrClPS. The summed E-state index contributed by atoms with van der Waals surface area (Å²) in [5, 5.41) is 6.27. The Kier molecular flexibility index (Phi) is 6.94. The van der Waals surface area contributed by atoms with Crippen LogP contribution in [0.15, 0.2) is 115 Å². The van der Waals surface area contributed by atoms with E-state index in [0.717, 1.165) is 11.2 Å². The van der Waals surface area contributed by atoms with Crippen molar-refractivity contribution in [2.24, 2.45) is 0 Å². The van der Waals surface area contributed by atoms with Crippen molar-refractivity contribution in [3.63, 3.8) is 0 Å². The van der Waals surface area contributed by atoms with E-state index in [4.69, 9.17) is 11.6 Å². The van der Waals surface area contributed by atoms with Gasteiger partial charge in [0.05, 0.1) is 0 Å². The Balaban J connectivity index is 0.00000231. The molecule has 5 rings (SSSR count). The molecule has 0 nitrogen and oxygen atoms in total. The summed E-state index contributed by atoms with van der Waals surface area (Å²) in [4.78, 5) is 1.40. The molecule has 0 spiro atoms. The van der Waals surface area contributed by atoms with Gasteiger partial charge in [0, 0.05) is 14.6 Å². The molecule has 0 aliphatic rings. The number of hydrogen-bond donors (Lipinski definition) is 0. The maximum absolute atomic E-state index is 6.26. The van der Waals surface area contributed by atoms with Gasteiger partial charge in [0.2, 0.25) is 0 Å². The molecule has 4 aromatic carbocycles. The van der Waals surface area contributed by atoms with E-state index in [9.17, 15) is 0 Å². The number of rotatable bonds is 5. The van der Waals surface area contributed by atoms with Gasteiger partial charge in [0.15, 0.2) is 0 Å². The fourth-order valence-corrected chi connectivity index (χ4v) is 10.1. The van der Waals surface area contributed by atoms with Crippen LogP contribution in [0.1, 0.15) is 4.88 Å². The average molecular weight is 524 g/mol. The molecule has 0 atom stereocenters. The first-order chi connectivity index (χ1) is 14.8. The molecule has 0 saturated carbocycles. The van der Waals surface area contributed by atoms with Crippen molar-refractivity contribution in [3.05, 3.63) is 125 Å². The summed E-state index contributed by atoms with van der Waals surface area (Å²) in [7, 11) is -1.86. The van der Waals surface area contributed by atoms with E-state index in [1.807, 2.05) is 17.4 Å². The largest absolute Gasteiger partial charge is 1.00 e. The molecule has 5 aromatic rings. The molecule has 1 heterocycles. The first-order valence-corrected chi connectivity index (χ1v) is 13.2.